The summed E-state index contributed by atoms with van der Waals surface area (Å²) in [4.78, 5) is 50.2. The summed E-state index contributed by atoms with van der Waals surface area (Å²) >= 11 is 0. The zero-order valence-corrected chi connectivity index (χ0v) is 16.4. The summed E-state index contributed by atoms with van der Waals surface area (Å²) in [5.74, 6) is -3.53. The number of carbonyl (C=O) groups excluding carboxylic acids is 2. The van der Waals surface area contributed by atoms with Crippen LogP contribution in [0.3, 0.4) is 0 Å². The molecule has 3 rings (SSSR count). The largest absolute Gasteiger partial charge is 0.481 e. The van der Waals surface area contributed by atoms with Crippen molar-refractivity contribution in [2.45, 2.75) is 25.3 Å². The van der Waals surface area contributed by atoms with Crippen LogP contribution in [-0.4, -0.2) is 45.0 Å². The third kappa shape index (κ3) is 5.47. The van der Waals surface area contributed by atoms with Crippen LogP contribution in [0.15, 0.2) is 54.7 Å². The number of aliphatic carboxylic acids is 2. The number of amides is 2. The zero-order chi connectivity index (χ0) is 22.4. The Morgan fingerprint density at radius 1 is 0.935 bits per heavy atom. The van der Waals surface area contributed by atoms with Crippen molar-refractivity contribution in [3.63, 3.8) is 0 Å². The zero-order valence-electron chi connectivity index (χ0n) is 16.4. The average Bonchev–Trinajstić information content (AvgIpc) is 3.15. The first-order chi connectivity index (χ1) is 14.8. The van der Waals surface area contributed by atoms with E-state index < -0.39 is 29.8 Å². The molecular weight excluding hydrogens is 402 g/mol. The molecule has 0 fully saturated rings. The van der Waals surface area contributed by atoms with Gasteiger partial charge in [-0.15, -0.1) is 0 Å². The number of aromatic nitrogens is 1. The van der Waals surface area contributed by atoms with E-state index >= 15 is 0 Å². The molecule has 0 saturated carbocycles. The van der Waals surface area contributed by atoms with Crippen LogP contribution in [0.5, 0.6) is 0 Å². The van der Waals surface area contributed by atoms with Gasteiger partial charge in [0.1, 0.15) is 6.04 Å². The first-order valence-electron chi connectivity index (χ1n) is 9.54. The summed E-state index contributed by atoms with van der Waals surface area (Å²) in [5.41, 5.74) is 1.86. The average molecular weight is 423 g/mol. The highest BCUT2D eigenvalue weighted by molar-refractivity contribution is 6.05. The SMILES string of the molecule is O=C(O)CCC(=O)Nc1ccccc1C(=O)N[C@H](Cc1c[nH]c2ccccc12)C(=O)O. The number of fused-ring (bicyclic) bond motifs is 1. The molecule has 0 aliphatic carbocycles. The number of rotatable bonds is 9. The van der Waals surface area contributed by atoms with Crippen LogP contribution in [0, 0.1) is 0 Å². The van der Waals surface area contributed by atoms with Crippen molar-refractivity contribution >= 4 is 40.3 Å². The number of carboxylic acids is 2. The fourth-order valence-corrected chi connectivity index (χ4v) is 3.18. The molecule has 2 aromatic carbocycles. The third-order valence-corrected chi connectivity index (χ3v) is 4.71. The van der Waals surface area contributed by atoms with Gasteiger partial charge in [0, 0.05) is 29.9 Å². The lowest BCUT2D eigenvalue weighted by molar-refractivity contribution is -0.139. The molecule has 9 nitrogen and oxygen atoms in total. The molecule has 0 aliphatic heterocycles. The smallest absolute Gasteiger partial charge is 0.326 e. The summed E-state index contributed by atoms with van der Waals surface area (Å²) in [6.45, 7) is 0. The summed E-state index contributed by atoms with van der Waals surface area (Å²) < 4.78 is 0. The lowest BCUT2D eigenvalue weighted by Crippen LogP contribution is -2.42. The molecule has 0 unspecified atom stereocenters. The van der Waals surface area contributed by atoms with E-state index in [1.54, 1.807) is 18.3 Å². The Morgan fingerprint density at radius 3 is 2.39 bits per heavy atom. The standard InChI is InChI=1S/C22H21N3O6/c26-19(9-10-20(27)28)24-17-8-4-2-6-15(17)21(29)25-18(22(30)31)11-13-12-23-16-7-3-1-5-14(13)16/h1-8,12,18,23H,9-11H2,(H,24,26)(H,25,29)(H,27,28)(H,30,31)/t18-/m1/s1. The second kappa shape index (κ2) is 9.57. The number of hydrogen-bond donors (Lipinski definition) is 5. The van der Waals surface area contributed by atoms with Crippen LogP contribution in [0.4, 0.5) is 5.69 Å². The van der Waals surface area contributed by atoms with Crippen molar-refractivity contribution < 1.29 is 29.4 Å². The highest BCUT2D eigenvalue weighted by Crippen LogP contribution is 2.20. The van der Waals surface area contributed by atoms with Gasteiger partial charge < -0.3 is 25.8 Å². The normalized spacial score (nSPS) is 11.6. The van der Waals surface area contributed by atoms with Gasteiger partial charge in [0.15, 0.2) is 0 Å². The maximum absolute atomic E-state index is 12.8. The minimum atomic E-state index is -1.19. The van der Waals surface area contributed by atoms with E-state index in [1.807, 2.05) is 24.3 Å². The van der Waals surface area contributed by atoms with E-state index in [2.05, 4.69) is 15.6 Å². The van der Waals surface area contributed by atoms with E-state index in [1.165, 1.54) is 12.1 Å². The van der Waals surface area contributed by atoms with E-state index in [0.717, 1.165) is 16.5 Å². The Morgan fingerprint density at radius 2 is 1.65 bits per heavy atom. The molecule has 2 amide bonds. The Bertz CT molecular complexity index is 1140. The Labute approximate surface area is 177 Å². The molecule has 0 bridgehead atoms. The highest BCUT2D eigenvalue weighted by Gasteiger charge is 2.24. The van der Waals surface area contributed by atoms with Crippen molar-refractivity contribution in [1.82, 2.24) is 10.3 Å². The first-order valence-corrected chi connectivity index (χ1v) is 9.54. The van der Waals surface area contributed by atoms with Gasteiger partial charge in [-0.1, -0.05) is 30.3 Å². The Balaban J connectivity index is 1.75. The van der Waals surface area contributed by atoms with Gasteiger partial charge in [0.25, 0.3) is 5.91 Å². The van der Waals surface area contributed by atoms with Crippen LogP contribution in [0.1, 0.15) is 28.8 Å². The summed E-state index contributed by atoms with van der Waals surface area (Å²) in [7, 11) is 0. The molecule has 3 aromatic rings. The number of carboxylic acid groups (broad SMARTS) is 2. The minimum absolute atomic E-state index is 0.0677. The summed E-state index contributed by atoms with van der Waals surface area (Å²) in [6.07, 6.45) is 1.19. The van der Waals surface area contributed by atoms with Gasteiger partial charge in [-0.2, -0.15) is 0 Å². The molecular formula is C22H21N3O6. The van der Waals surface area contributed by atoms with Gasteiger partial charge in [0.2, 0.25) is 5.91 Å². The predicted molar refractivity (Wildman–Crippen MR) is 113 cm³/mol. The Kier molecular flexibility index (Phi) is 6.66. The molecule has 1 heterocycles. The van der Waals surface area contributed by atoms with E-state index in [-0.39, 0.29) is 30.5 Å². The number of H-pyrrole nitrogens is 1. The van der Waals surface area contributed by atoms with Crippen molar-refractivity contribution in [3.8, 4) is 0 Å². The Hall–Kier alpha value is -4.14. The van der Waals surface area contributed by atoms with Crippen molar-refractivity contribution in [2.24, 2.45) is 0 Å². The number of hydrogen-bond acceptors (Lipinski definition) is 4. The van der Waals surface area contributed by atoms with Crippen LogP contribution in [0.25, 0.3) is 10.9 Å². The molecule has 160 valence electrons. The maximum atomic E-state index is 12.8. The molecule has 0 radical (unpaired) electrons. The fourth-order valence-electron chi connectivity index (χ4n) is 3.18. The topological polar surface area (TPSA) is 149 Å². The van der Waals surface area contributed by atoms with E-state index in [9.17, 15) is 24.3 Å². The highest BCUT2D eigenvalue weighted by atomic mass is 16.4. The molecule has 0 spiro atoms. The first kappa shape index (κ1) is 21.6. The number of anilines is 1. The van der Waals surface area contributed by atoms with Crippen LogP contribution in [0.2, 0.25) is 0 Å². The second-order valence-electron chi connectivity index (χ2n) is 6.92. The number of para-hydroxylation sites is 2. The number of benzene rings is 2. The quantitative estimate of drug-likeness (QED) is 0.357. The molecule has 9 heteroatoms. The van der Waals surface area contributed by atoms with Crippen LogP contribution in [-0.2, 0) is 20.8 Å². The number of aromatic amines is 1. The van der Waals surface area contributed by atoms with Crippen LogP contribution >= 0.6 is 0 Å². The maximum Gasteiger partial charge on any atom is 0.326 e. The lowest BCUT2D eigenvalue weighted by Gasteiger charge is -2.16. The molecule has 0 saturated heterocycles. The fraction of sp³-hybridized carbons (Fsp3) is 0.182. The van der Waals surface area contributed by atoms with Gasteiger partial charge in [-0.05, 0) is 23.8 Å². The minimum Gasteiger partial charge on any atom is -0.481 e. The molecule has 31 heavy (non-hydrogen) atoms. The predicted octanol–water partition coefficient (Wildman–Crippen LogP) is 2.40. The summed E-state index contributed by atoms with van der Waals surface area (Å²) in [5, 5.41) is 24.2. The monoisotopic (exact) mass is 423 g/mol. The molecule has 5 N–H and O–H groups in total. The van der Waals surface area contributed by atoms with Crippen molar-refractivity contribution in [3.05, 3.63) is 65.9 Å². The van der Waals surface area contributed by atoms with Gasteiger partial charge >= 0.3 is 11.9 Å². The number of nitrogens with one attached hydrogen (secondary N) is 3. The van der Waals surface area contributed by atoms with E-state index in [4.69, 9.17) is 5.11 Å². The molecule has 1 atom stereocenters. The molecule has 0 aliphatic rings. The van der Waals surface area contributed by atoms with Gasteiger partial charge in [-0.3, -0.25) is 14.4 Å². The van der Waals surface area contributed by atoms with Crippen LogP contribution < -0.4 is 10.6 Å². The van der Waals surface area contributed by atoms with E-state index in [0.29, 0.717) is 0 Å². The van der Waals surface area contributed by atoms with Gasteiger partial charge in [0.05, 0.1) is 17.7 Å². The molecule has 1 aromatic heterocycles. The van der Waals surface area contributed by atoms with Crippen molar-refractivity contribution in [1.29, 1.82) is 0 Å². The third-order valence-electron chi connectivity index (χ3n) is 4.71. The number of carbonyl (C=O) groups is 4. The summed E-state index contributed by atoms with van der Waals surface area (Å²) in [6, 6.07) is 12.4. The lowest BCUT2D eigenvalue weighted by atomic mass is 10.0. The van der Waals surface area contributed by atoms with Crippen molar-refractivity contribution in [2.75, 3.05) is 5.32 Å². The van der Waals surface area contributed by atoms with Gasteiger partial charge in [-0.25, -0.2) is 4.79 Å². The second-order valence-corrected chi connectivity index (χ2v) is 6.92.